The first-order valence-electron chi connectivity index (χ1n) is 17.4. The lowest BCUT2D eigenvalue weighted by molar-refractivity contribution is 0.172. The van der Waals surface area contributed by atoms with Gasteiger partial charge in [-0.2, -0.15) is 0 Å². The molecule has 0 N–H and O–H groups in total. The van der Waals surface area contributed by atoms with Crippen LogP contribution in [-0.4, -0.2) is 21.8 Å². The molecule has 0 heterocycles. The Balaban J connectivity index is 3.22. The summed E-state index contributed by atoms with van der Waals surface area (Å²) in [6.45, 7) is 10.8. The van der Waals surface area contributed by atoms with Crippen molar-refractivity contribution in [3.05, 3.63) is 0 Å². The smallest absolute Gasteiger partial charge is 0.331 e. The molecule has 0 aromatic rings. The lowest BCUT2D eigenvalue weighted by atomic mass is 10.0. The number of rotatable bonds is 32. The Hall–Kier alpha value is 0.137. The topological polar surface area (TPSA) is 18.5 Å². The van der Waals surface area contributed by atoms with Crippen LogP contribution in [0.25, 0.3) is 0 Å². The summed E-state index contributed by atoms with van der Waals surface area (Å²) in [6.07, 6.45) is 39.5. The highest BCUT2D eigenvalue weighted by Crippen LogP contribution is 2.16. The SMILES string of the molecule is CCCCCCCCCCCCCCCCCCCCCCO[Si](C)(C)OCCCCCCCCCC. The average molecular weight is 541 g/mol. The molecule has 0 unspecified atom stereocenters. The molecule has 0 spiro atoms. The van der Waals surface area contributed by atoms with Gasteiger partial charge in [0.2, 0.25) is 0 Å². The van der Waals surface area contributed by atoms with E-state index < -0.39 is 8.56 Å². The molecule has 0 amide bonds. The Morgan fingerprint density at radius 3 is 0.703 bits per heavy atom. The highest BCUT2D eigenvalue weighted by Gasteiger charge is 2.23. The molecule has 0 aliphatic rings. The second-order valence-corrected chi connectivity index (χ2v) is 15.7. The highest BCUT2D eigenvalue weighted by molar-refractivity contribution is 6.64. The standard InChI is InChI=1S/C34H72O2Si/c1-5-7-9-11-13-15-16-17-18-19-20-21-22-23-24-25-26-28-30-32-34-36-37(3,4)35-33-31-29-27-14-12-10-8-6-2/h5-34H2,1-4H3. The first-order chi connectivity index (χ1) is 18.1. The van der Waals surface area contributed by atoms with Crippen LogP contribution < -0.4 is 0 Å². The van der Waals surface area contributed by atoms with E-state index in [0.29, 0.717) is 0 Å². The second kappa shape index (κ2) is 30.7. The molecule has 0 aliphatic carbocycles. The molecule has 2 nitrogen and oxygen atoms in total. The van der Waals surface area contributed by atoms with Gasteiger partial charge in [0.05, 0.1) is 0 Å². The summed E-state index contributed by atoms with van der Waals surface area (Å²) < 4.78 is 12.3. The zero-order valence-electron chi connectivity index (χ0n) is 26.5. The van der Waals surface area contributed by atoms with Crippen LogP contribution in [0.3, 0.4) is 0 Å². The van der Waals surface area contributed by atoms with Gasteiger partial charge < -0.3 is 8.85 Å². The van der Waals surface area contributed by atoms with Gasteiger partial charge in [-0.15, -0.1) is 0 Å². The molecule has 0 saturated heterocycles. The third kappa shape index (κ3) is 32.2. The van der Waals surface area contributed by atoms with Crippen LogP contribution in [0, 0.1) is 0 Å². The van der Waals surface area contributed by atoms with Crippen LogP contribution in [0.5, 0.6) is 0 Å². The fourth-order valence-corrected chi connectivity index (χ4v) is 6.63. The third-order valence-electron chi connectivity index (χ3n) is 7.90. The van der Waals surface area contributed by atoms with E-state index in [1.807, 2.05) is 0 Å². The molecule has 0 fully saturated rings. The second-order valence-electron chi connectivity index (χ2n) is 12.3. The van der Waals surface area contributed by atoms with E-state index in [9.17, 15) is 0 Å². The first-order valence-corrected chi connectivity index (χ1v) is 20.2. The van der Waals surface area contributed by atoms with Crippen molar-refractivity contribution in [1.29, 1.82) is 0 Å². The maximum atomic E-state index is 6.16. The quantitative estimate of drug-likeness (QED) is 0.0623. The van der Waals surface area contributed by atoms with Crippen molar-refractivity contribution in [1.82, 2.24) is 0 Å². The maximum absolute atomic E-state index is 6.16. The fraction of sp³-hybridized carbons (Fsp3) is 1.00. The van der Waals surface area contributed by atoms with E-state index in [0.717, 1.165) is 13.2 Å². The first kappa shape index (κ1) is 37.1. The molecule has 0 atom stereocenters. The summed E-state index contributed by atoms with van der Waals surface area (Å²) >= 11 is 0. The summed E-state index contributed by atoms with van der Waals surface area (Å²) in [5.74, 6) is 0. The van der Waals surface area contributed by atoms with Crippen LogP contribution in [0.1, 0.15) is 194 Å². The van der Waals surface area contributed by atoms with Gasteiger partial charge in [-0.05, 0) is 25.9 Å². The predicted molar refractivity (Wildman–Crippen MR) is 170 cm³/mol. The molecular formula is C34H72O2Si. The molecule has 3 heteroatoms. The monoisotopic (exact) mass is 541 g/mol. The maximum Gasteiger partial charge on any atom is 0.331 e. The zero-order valence-corrected chi connectivity index (χ0v) is 27.5. The molecule has 0 aliphatic heterocycles. The van der Waals surface area contributed by atoms with Gasteiger partial charge in [0.1, 0.15) is 0 Å². The Morgan fingerprint density at radius 2 is 0.486 bits per heavy atom. The zero-order chi connectivity index (χ0) is 27.1. The van der Waals surface area contributed by atoms with Crippen molar-refractivity contribution >= 4 is 8.56 Å². The van der Waals surface area contributed by atoms with E-state index in [1.165, 1.54) is 180 Å². The predicted octanol–water partition coefficient (Wildman–Crippen LogP) is 12.7. The van der Waals surface area contributed by atoms with E-state index in [2.05, 4.69) is 26.9 Å². The van der Waals surface area contributed by atoms with E-state index in [1.54, 1.807) is 0 Å². The van der Waals surface area contributed by atoms with Crippen LogP contribution in [0.15, 0.2) is 0 Å². The molecular weight excluding hydrogens is 468 g/mol. The van der Waals surface area contributed by atoms with Gasteiger partial charge >= 0.3 is 8.56 Å². The number of hydrogen-bond donors (Lipinski definition) is 0. The summed E-state index contributed by atoms with van der Waals surface area (Å²) in [4.78, 5) is 0. The molecule has 0 aromatic heterocycles. The number of unbranched alkanes of at least 4 members (excludes halogenated alkanes) is 26. The molecule has 0 bridgehead atoms. The lowest BCUT2D eigenvalue weighted by Gasteiger charge is -2.23. The molecule has 0 rings (SSSR count). The Labute approximate surface area is 237 Å². The summed E-state index contributed by atoms with van der Waals surface area (Å²) in [5.41, 5.74) is 0. The van der Waals surface area contributed by atoms with Gasteiger partial charge in [-0.1, -0.05) is 181 Å². The van der Waals surface area contributed by atoms with Gasteiger partial charge in [-0.25, -0.2) is 0 Å². The summed E-state index contributed by atoms with van der Waals surface area (Å²) in [5, 5.41) is 0. The Morgan fingerprint density at radius 1 is 0.297 bits per heavy atom. The van der Waals surface area contributed by atoms with E-state index in [-0.39, 0.29) is 0 Å². The third-order valence-corrected chi connectivity index (χ3v) is 9.69. The fourth-order valence-electron chi connectivity index (χ4n) is 5.27. The van der Waals surface area contributed by atoms with Crippen molar-refractivity contribution in [2.24, 2.45) is 0 Å². The van der Waals surface area contributed by atoms with E-state index >= 15 is 0 Å². The van der Waals surface area contributed by atoms with Gasteiger partial charge in [0.15, 0.2) is 0 Å². The van der Waals surface area contributed by atoms with Crippen molar-refractivity contribution in [3.8, 4) is 0 Å². The average Bonchev–Trinajstić information content (AvgIpc) is 2.88. The van der Waals surface area contributed by atoms with Crippen molar-refractivity contribution in [3.63, 3.8) is 0 Å². The van der Waals surface area contributed by atoms with Crippen molar-refractivity contribution < 1.29 is 8.85 Å². The minimum Gasteiger partial charge on any atom is -0.395 e. The van der Waals surface area contributed by atoms with Gasteiger partial charge in [-0.3, -0.25) is 0 Å². The van der Waals surface area contributed by atoms with E-state index in [4.69, 9.17) is 8.85 Å². The highest BCUT2D eigenvalue weighted by atomic mass is 28.4. The molecule has 0 aromatic carbocycles. The number of hydrogen-bond acceptors (Lipinski definition) is 2. The lowest BCUT2D eigenvalue weighted by Crippen LogP contribution is -2.35. The van der Waals surface area contributed by atoms with Gasteiger partial charge in [0.25, 0.3) is 0 Å². The summed E-state index contributed by atoms with van der Waals surface area (Å²) in [6, 6.07) is 0. The minimum atomic E-state index is -1.90. The van der Waals surface area contributed by atoms with Gasteiger partial charge in [0, 0.05) is 13.2 Å². The largest absolute Gasteiger partial charge is 0.395 e. The van der Waals surface area contributed by atoms with Crippen LogP contribution >= 0.6 is 0 Å². The van der Waals surface area contributed by atoms with Crippen LogP contribution in [0.4, 0.5) is 0 Å². The Bertz CT molecular complexity index is 413. The molecule has 0 radical (unpaired) electrons. The minimum absolute atomic E-state index is 0.896. The normalized spacial score (nSPS) is 12.0. The van der Waals surface area contributed by atoms with Crippen LogP contribution in [-0.2, 0) is 8.85 Å². The molecule has 0 saturated carbocycles. The van der Waals surface area contributed by atoms with Crippen molar-refractivity contribution in [2.75, 3.05) is 13.2 Å². The molecule has 224 valence electrons. The Kier molecular flexibility index (Phi) is 30.8. The molecule has 37 heavy (non-hydrogen) atoms. The summed E-state index contributed by atoms with van der Waals surface area (Å²) in [7, 11) is -1.90. The van der Waals surface area contributed by atoms with Crippen molar-refractivity contribution in [2.45, 2.75) is 207 Å². The van der Waals surface area contributed by atoms with Crippen LogP contribution in [0.2, 0.25) is 13.1 Å².